The average molecular weight is 230 g/mol. The van der Waals surface area contributed by atoms with Crippen LogP contribution in [-0.4, -0.2) is 11.6 Å². The first-order chi connectivity index (χ1) is 7.41. The minimum Gasteiger partial charge on any atom is -0.433 e. The maximum Gasteiger partial charge on any atom is 0.387 e. The highest BCUT2D eigenvalue weighted by Gasteiger charge is 2.16. The Labute approximate surface area is 93.6 Å². The van der Waals surface area contributed by atoms with Crippen LogP contribution in [0.3, 0.4) is 0 Å². The molecule has 5 heteroatoms. The van der Waals surface area contributed by atoms with E-state index in [9.17, 15) is 8.78 Å². The number of anilines is 1. The first kappa shape index (κ1) is 12.7. The predicted octanol–water partition coefficient (Wildman–Crippen LogP) is 3.02. The van der Waals surface area contributed by atoms with Gasteiger partial charge in [-0.3, -0.25) is 0 Å². The Bertz CT molecular complexity index is 356. The molecule has 0 aromatic carbocycles. The number of rotatable bonds is 4. The van der Waals surface area contributed by atoms with Gasteiger partial charge in [0, 0.05) is 5.56 Å². The third kappa shape index (κ3) is 3.05. The lowest BCUT2D eigenvalue weighted by Crippen LogP contribution is -2.09. The van der Waals surface area contributed by atoms with Crippen molar-refractivity contribution in [3.05, 3.63) is 17.8 Å². The van der Waals surface area contributed by atoms with Crippen LogP contribution >= 0.6 is 0 Å². The number of hydrogen-bond donors (Lipinski definition) is 1. The van der Waals surface area contributed by atoms with E-state index in [-0.39, 0.29) is 11.7 Å². The molecular weight excluding hydrogens is 214 g/mol. The van der Waals surface area contributed by atoms with Gasteiger partial charge in [0.1, 0.15) is 11.6 Å². The van der Waals surface area contributed by atoms with E-state index in [1.165, 1.54) is 12.3 Å². The van der Waals surface area contributed by atoms with Crippen LogP contribution < -0.4 is 10.5 Å². The summed E-state index contributed by atoms with van der Waals surface area (Å²) in [4.78, 5) is 3.86. The van der Waals surface area contributed by atoms with E-state index in [4.69, 9.17) is 5.73 Å². The molecule has 2 N–H and O–H groups in total. The Balaban J connectivity index is 2.99. The first-order valence-corrected chi connectivity index (χ1v) is 5.12. The van der Waals surface area contributed by atoms with Gasteiger partial charge in [-0.1, -0.05) is 20.8 Å². The molecule has 1 rings (SSSR count). The van der Waals surface area contributed by atoms with Crippen LogP contribution in [0.4, 0.5) is 14.6 Å². The van der Waals surface area contributed by atoms with E-state index < -0.39 is 6.61 Å². The van der Waals surface area contributed by atoms with Gasteiger partial charge in [-0.05, 0) is 17.9 Å². The van der Waals surface area contributed by atoms with Crippen LogP contribution in [0.2, 0.25) is 0 Å². The summed E-state index contributed by atoms with van der Waals surface area (Å²) >= 11 is 0. The number of aromatic nitrogens is 1. The highest BCUT2D eigenvalue weighted by atomic mass is 19.3. The van der Waals surface area contributed by atoms with Crippen molar-refractivity contribution in [3.63, 3.8) is 0 Å². The topological polar surface area (TPSA) is 48.1 Å². The molecule has 0 spiro atoms. The van der Waals surface area contributed by atoms with Crippen LogP contribution in [0.25, 0.3) is 0 Å². The summed E-state index contributed by atoms with van der Waals surface area (Å²) in [6.07, 6.45) is 1.21. The second kappa shape index (κ2) is 5.09. The number of hydrogen-bond acceptors (Lipinski definition) is 3. The zero-order chi connectivity index (χ0) is 12.3. The molecule has 0 saturated carbocycles. The van der Waals surface area contributed by atoms with Gasteiger partial charge in [-0.25, -0.2) is 4.98 Å². The third-order valence-electron chi connectivity index (χ3n) is 2.64. The fourth-order valence-electron chi connectivity index (χ4n) is 1.36. The number of pyridine rings is 1. The van der Waals surface area contributed by atoms with Gasteiger partial charge in [0.2, 0.25) is 0 Å². The molecule has 16 heavy (non-hydrogen) atoms. The summed E-state index contributed by atoms with van der Waals surface area (Å²) in [7, 11) is 0. The Morgan fingerprint density at radius 1 is 1.31 bits per heavy atom. The predicted molar refractivity (Wildman–Crippen MR) is 58.5 cm³/mol. The molecule has 3 nitrogen and oxygen atoms in total. The summed E-state index contributed by atoms with van der Waals surface area (Å²) < 4.78 is 28.4. The Kier molecular flexibility index (Phi) is 4.04. The molecule has 0 fully saturated rings. The molecule has 90 valence electrons. The average Bonchev–Trinajstić information content (AvgIpc) is 2.19. The normalized spacial score (nSPS) is 13.2. The molecule has 0 radical (unpaired) electrons. The Hall–Kier alpha value is -1.39. The van der Waals surface area contributed by atoms with Crippen molar-refractivity contribution in [1.82, 2.24) is 4.98 Å². The summed E-state index contributed by atoms with van der Waals surface area (Å²) in [5.74, 6) is 0.911. The number of nitrogens with two attached hydrogens (primary N) is 1. The zero-order valence-corrected chi connectivity index (χ0v) is 9.58. The molecular formula is C11H16F2N2O. The molecule has 0 aliphatic heterocycles. The van der Waals surface area contributed by atoms with E-state index in [0.29, 0.717) is 11.7 Å². The van der Waals surface area contributed by atoms with Gasteiger partial charge < -0.3 is 10.5 Å². The van der Waals surface area contributed by atoms with Crippen LogP contribution in [0.15, 0.2) is 12.3 Å². The number of ether oxygens (including phenoxy) is 1. The van der Waals surface area contributed by atoms with Crippen LogP contribution in [0.1, 0.15) is 32.3 Å². The SMILES string of the molecule is CC(C)[C@H](C)c1cc(OC(F)F)cnc1N. The van der Waals surface area contributed by atoms with Crippen LogP contribution in [-0.2, 0) is 0 Å². The molecule has 0 aliphatic carbocycles. The molecule has 0 bridgehead atoms. The summed E-state index contributed by atoms with van der Waals surface area (Å²) in [6, 6.07) is 1.53. The second-order valence-corrected chi connectivity index (χ2v) is 4.06. The van der Waals surface area contributed by atoms with Gasteiger partial charge in [-0.15, -0.1) is 0 Å². The molecule has 1 heterocycles. The van der Waals surface area contributed by atoms with E-state index >= 15 is 0 Å². The third-order valence-corrected chi connectivity index (χ3v) is 2.64. The zero-order valence-electron chi connectivity index (χ0n) is 9.58. The highest BCUT2D eigenvalue weighted by molar-refractivity contribution is 5.45. The molecule has 0 amide bonds. The minimum atomic E-state index is -2.84. The Morgan fingerprint density at radius 3 is 2.44 bits per heavy atom. The summed E-state index contributed by atoms with van der Waals surface area (Å²) in [5, 5.41) is 0. The molecule has 1 aromatic heterocycles. The van der Waals surface area contributed by atoms with Crippen molar-refractivity contribution in [1.29, 1.82) is 0 Å². The number of nitrogens with zero attached hydrogens (tertiary/aromatic N) is 1. The number of halogens is 2. The lowest BCUT2D eigenvalue weighted by molar-refractivity contribution is -0.0501. The second-order valence-electron chi connectivity index (χ2n) is 4.06. The van der Waals surface area contributed by atoms with Gasteiger partial charge >= 0.3 is 6.61 Å². The van der Waals surface area contributed by atoms with E-state index in [1.807, 2.05) is 20.8 Å². The first-order valence-electron chi connectivity index (χ1n) is 5.12. The fraction of sp³-hybridized carbons (Fsp3) is 0.545. The molecule has 1 atom stereocenters. The fourth-order valence-corrected chi connectivity index (χ4v) is 1.36. The quantitative estimate of drug-likeness (QED) is 0.864. The van der Waals surface area contributed by atoms with Gasteiger partial charge in [0.25, 0.3) is 0 Å². The highest BCUT2D eigenvalue weighted by Crippen LogP contribution is 2.30. The molecule has 0 unspecified atom stereocenters. The minimum absolute atomic E-state index is 0.0479. The van der Waals surface area contributed by atoms with Crippen LogP contribution in [0, 0.1) is 5.92 Å². The summed E-state index contributed by atoms with van der Waals surface area (Å²) in [5.41, 5.74) is 6.45. The van der Waals surface area contributed by atoms with E-state index in [2.05, 4.69) is 9.72 Å². The lowest BCUT2D eigenvalue weighted by atomic mass is 9.90. The van der Waals surface area contributed by atoms with Crippen molar-refractivity contribution in [2.75, 3.05) is 5.73 Å². The van der Waals surface area contributed by atoms with E-state index in [1.54, 1.807) is 0 Å². The maximum absolute atomic E-state index is 12.0. The maximum atomic E-state index is 12.0. The molecule has 0 saturated heterocycles. The van der Waals surface area contributed by atoms with Crippen molar-refractivity contribution in [3.8, 4) is 5.75 Å². The standard InChI is InChI=1S/C11H16F2N2O/c1-6(2)7(3)9-4-8(16-11(12)13)5-15-10(9)14/h4-7,11H,1-3H3,(H2,14,15)/t7-/m0/s1. The summed E-state index contributed by atoms with van der Waals surface area (Å²) in [6.45, 7) is 3.20. The van der Waals surface area contributed by atoms with Gasteiger partial charge in [-0.2, -0.15) is 8.78 Å². The molecule has 0 aliphatic rings. The van der Waals surface area contributed by atoms with Gasteiger partial charge in [0.15, 0.2) is 0 Å². The van der Waals surface area contributed by atoms with Crippen molar-refractivity contribution >= 4 is 5.82 Å². The number of nitrogen functional groups attached to an aromatic ring is 1. The monoisotopic (exact) mass is 230 g/mol. The van der Waals surface area contributed by atoms with E-state index in [0.717, 1.165) is 5.56 Å². The van der Waals surface area contributed by atoms with Crippen LogP contribution in [0.5, 0.6) is 5.75 Å². The van der Waals surface area contributed by atoms with Gasteiger partial charge in [0.05, 0.1) is 6.20 Å². The molecule has 1 aromatic rings. The largest absolute Gasteiger partial charge is 0.433 e. The Morgan fingerprint density at radius 2 is 1.94 bits per heavy atom. The van der Waals surface area contributed by atoms with Crippen molar-refractivity contribution in [2.45, 2.75) is 33.3 Å². The lowest BCUT2D eigenvalue weighted by Gasteiger charge is -2.18. The van der Waals surface area contributed by atoms with Crippen molar-refractivity contribution in [2.24, 2.45) is 5.92 Å². The van der Waals surface area contributed by atoms with Crippen molar-refractivity contribution < 1.29 is 13.5 Å². The smallest absolute Gasteiger partial charge is 0.387 e. The number of alkyl halides is 2.